The van der Waals surface area contributed by atoms with Crippen LogP contribution in [0.15, 0.2) is 42.5 Å². The van der Waals surface area contributed by atoms with E-state index in [0.717, 1.165) is 16.9 Å². The molecule has 2 aromatic rings. The van der Waals surface area contributed by atoms with Gasteiger partial charge in [0.2, 0.25) is 0 Å². The highest BCUT2D eigenvalue weighted by Crippen LogP contribution is 2.30. The maximum Gasteiger partial charge on any atom is 0.146 e. The smallest absolute Gasteiger partial charge is 0.146 e. The summed E-state index contributed by atoms with van der Waals surface area (Å²) in [4.78, 5) is 0. The Labute approximate surface area is 117 Å². The summed E-state index contributed by atoms with van der Waals surface area (Å²) < 4.78 is 10.9. The van der Waals surface area contributed by atoms with Crippen LogP contribution in [0.2, 0.25) is 5.02 Å². The molecule has 100 valence electrons. The van der Waals surface area contributed by atoms with Gasteiger partial charge in [-0.05, 0) is 35.4 Å². The average molecular weight is 278 g/mol. The van der Waals surface area contributed by atoms with E-state index in [1.165, 1.54) is 0 Å². The highest BCUT2D eigenvalue weighted by atomic mass is 35.5. The van der Waals surface area contributed by atoms with Crippen molar-refractivity contribution in [2.45, 2.75) is 13.2 Å². The lowest BCUT2D eigenvalue weighted by atomic mass is 10.2. The van der Waals surface area contributed by atoms with Gasteiger partial charge in [0.05, 0.1) is 11.6 Å². The number of ether oxygens (including phenoxy) is 2. The van der Waals surface area contributed by atoms with Crippen molar-refractivity contribution in [1.29, 1.82) is 0 Å². The maximum atomic E-state index is 6.15. The molecule has 0 radical (unpaired) electrons. The fraction of sp³-hybridized carbons (Fsp3) is 0.200. The summed E-state index contributed by atoms with van der Waals surface area (Å²) in [5, 5.41) is 0.556. The fourth-order valence-electron chi connectivity index (χ4n) is 1.75. The third-order valence-electron chi connectivity index (χ3n) is 2.67. The summed E-state index contributed by atoms with van der Waals surface area (Å²) in [5.41, 5.74) is 7.59. The molecule has 0 unspecified atom stereocenters. The first-order valence-electron chi connectivity index (χ1n) is 5.97. The molecular formula is C15H16ClNO2. The molecular weight excluding hydrogens is 262 g/mol. The summed E-state index contributed by atoms with van der Waals surface area (Å²) in [5.74, 6) is 1.35. The van der Waals surface area contributed by atoms with Gasteiger partial charge in [-0.3, -0.25) is 0 Å². The number of rotatable bonds is 5. The molecule has 0 atom stereocenters. The largest absolute Gasteiger partial charge is 0.456 e. The minimum absolute atomic E-state index is 0.462. The molecule has 2 N–H and O–H groups in total. The Balaban J connectivity index is 2.18. The van der Waals surface area contributed by atoms with E-state index < -0.39 is 0 Å². The molecule has 0 heterocycles. The Hall–Kier alpha value is -1.55. The molecule has 0 aliphatic rings. The van der Waals surface area contributed by atoms with Crippen LogP contribution in [-0.4, -0.2) is 7.11 Å². The Morgan fingerprint density at radius 1 is 1.11 bits per heavy atom. The number of benzene rings is 2. The summed E-state index contributed by atoms with van der Waals surface area (Å²) in [6.07, 6.45) is 0. The van der Waals surface area contributed by atoms with Gasteiger partial charge in [-0.1, -0.05) is 29.8 Å². The third-order valence-corrected chi connectivity index (χ3v) is 2.96. The quantitative estimate of drug-likeness (QED) is 0.905. The van der Waals surface area contributed by atoms with Crippen molar-refractivity contribution in [2.24, 2.45) is 5.73 Å². The van der Waals surface area contributed by atoms with Crippen LogP contribution in [-0.2, 0) is 17.9 Å². The molecule has 0 aliphatic carbocycles. The van der Waals surface area contributed by atoms with E-state index in [1.807, 2.05) is 42.5 Å². The maximum absolute atomic E-state index is 6.15. The van der Waals surface area contributed by atoms with Gasteiger partial charge in [-0.2, -0.15) is 0 Å². The van der Waals surface area contributed by atoms with Crippen molar-refractivity contribution in [3.05, 3.63) is 58.6 Å². The standard InChI is InChI=1S/C15H16ClNO2/c1-18-10-12-3-2-4-13(7-12)19-15-6-5-11(9-17)8-14(15)16/h2-8H,9-10,17H2,1H3. The van der Waals surface area contributed by atoms with Crippen LogP contribution in [0, 0.1) is 0 Å². The first kappa shape index (κ1) is 13.9. The molecule has 0 aliphatic heterocycles. The SMILES string of the molecule is COCc1cccc(Oc2ccc(CN)cc2Cl)c1. The van der Waals surface area contributed by atoms with Crippen molar-refractivity contribution in [3.63, 3.8) is 0 Å². The van der Waals surface area contributed by atoms with Gasteiger partial charge in [0.1, 0.15) is 11.5 Å². The molecule has 2 rings (SSSR count). The van der Waals surface area contributed by atoms with Gasteiger partial charge in [0.15, 0.2) is 0 Å². The van der Waals surface area contributed by atoms with Gasteiger partial charge < -0.3 is 15.2 Å². The van der Waals surface area contributed by atoms with Gasteiger partial charge in [0.25, 0.3) is 0 Å². The van der Waals surface area contributed by atoms with Gasteiger partial charge >= 0.3 is 0 Å². The number of hydrogen-bond donors (Lipinski definition) is 1. The number of nitrogens with two attached hydrogens (primary N) is 1. The van der Waals surface area contributed by atoms with Crippen molar-refractivity contribution < 1.29 is 9.47 Å². The molecule has 0 fully saturated rings. The molecule has 19 heavy (non-hydrogen) atoms. The van der Waals surface area contributed by atoms with Gasteiger partial charge in [-0.25, -0.2) is 0 Å². The zero-order valence-corrected chi connectivity index (χ0v) is 11.5. The van der Waals surface area contributed by atoms with Crippen LogP contribution in [0.4, 0.5) is 0 Å². The number of halogens is 1. The topological polar surface area (TPSA) is 44.5 Å². The molecule has 0 aromatic heterocycles. The van der Waals surface area contributed by atoms with E-state index in [9.17, 15) is 0 Å². The normalized spacial score (nSPS) is 10.5. The second-order valence-electron chi connectivity index (χ2n) is 4.15. The molecule has 0 spiro atoms. The highest BCUT2D eigenvalue weighted by Gasteiger charge is 2.05. The molecule has 0 amide bonds. The van der Waals surface area contributed by atoms with Crippen molar-refractivity contribution in [3.8, 4) is 11.5 Å². The Kier molecular flexibility index (Phi) is 4.80. The zero-order chi connectivity index (χ0) is 13.7. The minimum atomic E-state index is 0.462. The zero-order valence-electron chi connectivity index (χ0n) is 10.7. The van der Waals surface area contributed by atoms with Crippen LogP contribution < -0.4 is 10.5 Å². The van der Waals surface area contributed by atoms with Gasteiger partial charge in [0, 0.05) is 13.7 Å². The van der Waals surface area contributed by atoms with Crippen molar-refractivity contribution in [2.75, 3.05) is 7.11 Å². The first-order chi connectivity index (χ1) is 9.22. The predicted octanol–water partition coefficient (Wildman–Crippen LogP) is 3.74. The molecule has 4 heteroatoms. The minimum Gasteiger partial charge on any atom is -0.456 e. The molecule has 3 nitrogen and oxygen atoms in total. The summed E-state index contributed by atoms with van der Waals surface area (Å²) >= 11 is 6.15. The lowest BCUT2D eigenvalue weighted by molar-refractivity contribution is 0.184. The predicted molar refractivity (Wildman–Crippen MR) is 76.6 cm³/mol. The number of hydrogen-bond acceptors (Lipinski definition) is 3. The lowest BCUT2D eigenvalue weighted by Gasteiger charge is -2.10. The Morgan fingerprint density at radius 2 is 1.95 bits per heavy atom. The Bertz CT molecular complexity index is 558. The van der Waals surface area contributed by atoms with Crippen molar-refractivity contribution >= 4 is 11.6 Å². The van der Waals surface area contributed by atoms with Crippen LogP contribution in [0.25, 0.3) is 0 Å². The van der Waals surface area contributed by atoms with E-state index in [1.54, 1.807) is 7.11 Å². The highest BCUT2D eigenvalue weighted by molar-refractivity contribution is 6.32. The monoisotopic (exact) mass is 277 g/mol. The van der Waals surface area contributed by atoms with Crippen molar-refractivity contribution in [1.82, 2.24) is 0 Å². The number of methoxy groups -OCH3 is 1. The van der Waals surface area contributed by atoms with Crippen LogP contribution in [0.3, 0.4) is 0 Å². The molecule has 0 bridgehead atoms. The molecule has 2 aromatic carbocycles. The van der Waals surface area contributed by atoms with E-state index >= 15 is 0 Å². The molecule has 0 saturated heterocycles. The van der Waals surface area contributed by atoms with Crippen LogP contribution in [0.1, 0.15) is 11.1 Å². The summed E-state index contributed by atoms with van der Waals surface area (Å²) in [7, 11) is 1.66. The summed E-state index contributed by atoms with van der Waals surface area (Å²) in [6.45, 7) is 1.01. The lowest BCUT2D eigenvalue weighted by Crippen LogP contribution is -1.96. The first-order valence-corrected chi connectivity index (χ1v) is 6.35. The van der Waals surface area contributed by atoms with E-state index in [0.29, 0.717) is 23.9 Å². The van der Waals surface area contributed by atoms with Gasteiger partial charge in [-0.15, -0.1) is 0 Å². The molecule has 0 saturated carbocycles. The Morgan fingerprint density at radius 3 is 2.63 bits per heavy atom. The van der Waals surface area contributed by atoms with E-state index in [4.69, 9.17) is 26.8 Å². The van der Waals surface area contributed by atoms with Crippen LogP contribution >= 0.6 is 11.6 Å². The average Bonchev–Trinajstić information content (AvgIpc) is 2.42. The van der Waals surface area contributed by atoms with E-state index in [2.05, 4.69) is 0 Å². The fourth-order valence-corrected chi connectivity index (χ4v) is 1.99. The second-order valence-corrected chi connectivity index (χ2v) is 4.56. The second kappa shape index (κ2) is 6.57. The van der Waals surface area contributed by atoms with Crippen LogP contribution in [0.5, 0.6) is 11.5 Å². The van der Waals surface area contributed by atoms with E-state index in [-0.39, 0.29) is 0 Å². The third kappa shape index (κ3) is 3.70. The summed E-state index contributed by atoms with van der Waals surface area (Å²) in [6, 6.07) is 13.3.